The minimum absolute atomic E-state index is 0.364. The maximum Gasteiger partial charge on any atom is 0.412 e. The van der Waals surface area contributed by atoms with Crippen LogP contribution in [0.25, 0.3) is 0 Å². The van der Waals surface area contributed by atoms with Crippen LogP contribution in [0.1, 0.15) is 45.6 Å². The maximum atomic E-state index is 14.1. The summed E-state index contributed by atoms with van der Waals surface area (Å²) in [5.41, 5.74) is 5.85. The normalized spacial score (nSPS) is 17.2. The summed E-state index contributed by atoms with van der Waals surface area (Å²) in [5, 5.41) is 2.51. The zero-order valence-electron chi connectivity index (χ0n) is 12.1. The molecule has 0 atom stereocenters. The molecule has 1 saturated carbocycles. The van der Waals surface area contributed by atoms with Crippen LogP contribution < -0.4 is 11.1 Å². The summed E-state index contributed by atoms with van der Waals surface area (Å²) in [7, 11) is 0. The zero-order valence-corrected chi connectivity index (χ0v) is 12.1. The van der Waals surface area contributed by atoms with Gasteiger partial charge in [0.1, 0.15) is 11.4 Å². The number of ether oxygens (including phenoxy) is 1. The Morgan fingerprint density at radius 2 is 2.05 bits per heavy atom. The van der Waals surface area contributed by atoms with Crippen molar-refractivity contribution in [2.24, 2.45) is 5.73 Å². The van der Waals surface area contributed by atoms with Crippen molar-refractivity contribution in [3.05, 3.63) is 29.6 Å². The lowest BCUT2D eigenvalue weighted by molar-refractivity contribution is 0.0636. The molecule has 0 aromatic heterocycles. The number of halogens is 1. The molecule has 4 nitrogen and oxygen atoms in total. The van der Waals surface area contributed by atoms with E-state index in [4.69, 9.17) is 10.5 Å². The van der Waals surface area contributed by atoms with E-state index < -0.39 is 17.2 Å². The Kier molecular flexibility index (Phi) is 3.73. The summed E-state index contributed by atoms with van der Waals surface area (Å²) >= 11 is 0. The van der Waals surface area contributed by atoms with Crippen LogP contribution in [-0.4, -0.2) is 11.7 Å². The van der Waals surface area contributed by atoms with E-state index in [0.29, 0.717) is 11.3 Å². The molecule has 20 heavy (non-hydrogen) atoms. The molecule has 1 fully saturated rings. The van der Waals surface area contributed by atoms with Gasteiger partial charge in [-0.1, -0.05) is 6.07 Å². The Balaban J connectivity index is 2.08. The van der Waals surface area contributed by atoms with E-state index in [1.165, 1.54) is 6.07 Å². The number of nitrogens with one attached hydrogen (secondary N) is 1. The number of carbonyl (C=O) groups is 1. The smallest absolute Gasteiger partial charge is 0.412 e. The van der Waals surface area contributed by atoms with Gasteiger partial charge in [-0.3, -0.25) is 5.32 Å². The Morgan fingerprint density at radius 3 is 2.50 bits per heavy atom. The van der Waals surface area contributed by atoms with Crippen LogP contribution in [0.15, 0.2) is 18.2 Å². The molecule has 0 aliphatic heterocycles. The van der Waals surface area contributed by atoms with Gasteiger partial charge in [-0.15, -0.1) is 0 Å². The van der Waals surface area contributed by atoms with Crippen molar-refractivity contribution in [3.63, 3.8) is 0 Å². The number of hydrogen-bond acceptors (Lipinski definition) is 3. The van der Waals surface area contributed by atoms with Gasteiger partial charge in [-0.25, -0.2) is 9.18 Å². The molecular formula is C15H21FN2O2. The predicted octanol–water partition coefficient (Wildman–Crippen LogP) is 3.51. The van der Waals surface area contributed by atoms with Gasteiger partial charge in [-0.2, -0.15) is 0 Å². The van der Waals surface area contributed by atoms with E-state index in [-0.39, 0.29) is 5.82 Å². The second-order valence-corrected chi connectivity index (χ2v) is 6.33. The molecular weight excluding hydrogens is 259 g/mol. The number of benzene rings is 1. The van der Waals surface area contributed by atoms with E-state index in [0.717, 1.165) is 19.3 Å². The average Bonchev–Trinajstić information content (AvgIpc) is 2.23. The van der Waals surface area contributed by atoms with Crippen LogP contribution in [-0.2, 0) is 10.3 Å². The highest BCUT2D eigenvalue weighted by atomic mass is 19.1. The Bertz CT molecular complexity index is 519. The first-order chi connectivity index (χ1) is 9.20. The lowest BCUT2D eigenvalue weighted by atomic mass is 9.72. The number of rotatable bonds is 2. The highest BCUT2D eigenvalue weighted by Gasteiger charge is 2.36. The molecule has 1 aromatic carbocycles. The summed E-state index contributed by atoms with van der Waals surface area (Å²) < 4.78 is 19.2. The van der Waals surface area contributed by atoms with Gasteiger partial charge >= 0.3 is 6.09 Å². The second kappa shape index (κ2) is 5.05. The number of carbonyl (C=O) groups excluding carboxylic acids is 1. The summed E-state index contributed by atoms with van der Waals surface area (Å²) in [4.78, 5) is 11.6. The second-order valence-electron chi connectivity index (χ2n) is 6.33. The molecule has 1 aliphatic carbocycles. The Hall–Kier alpha value is -1.62. The van der Waals surface area contributed by atoms with Gasteiger partial charge in [0.05, 0.1) is 0 Å². The molecule has 2 rings (SSSR count). The van der Waals surface area contributed by atoms with Gasteiger partial charge in [0.25, 0.3) is 0 Å². The third kappa shape index (κ3) is 3.28. The lowest BCUT2D eigenvalue weighted by Gasteiger charge is -2.38. The van der Waals surface area contributed by atoms with Gasteiger partial charge < -0.3 is 10.5 Å². The summed E-state index contributed by atoms with van der Waals surface area (Å²) in [6, 6.07) is 4.57. The van der Waals surface area contributed by atoms with Gasteiger partial charge in [0.15, 0.2) is 0 Å². The summed E-state index contributed by atoms with van der Waals surface area (Å²) in [6.45, 7) is 5.31. The molecule has 0 bridgehead atoms. The van der Waals surface area contributed by atoms with Crippen LogP contribution in [0.4, 0.5) is 14.9 Å². The molecule has 1 aromatic rings. The van der Waals surface area contributed by atoms with Crippen LogP contribution in [0, 0.1) is 5.82 Å². The third-order valence-corrected chi connectivity index (χ3v) is 3.40. The molecule has 0 radical (unpaired) electrons. The fraction of sp³-hybridized carbons (Fsp3) is 0.533. The van der Waals surface area contributed by atoms with Crippen LogP contribution in [0.5, 0.6) is 0 Å². The van der Waals surface area contributed by atoms with Crippen molar-refractivity contribution in [3.8, 4) is 0 Å². The standard InChI is InChI=1S/C15H21FN2O2/c1-14(2,3)20-13(19)18-10-5-6-11(12(16)9-10)15(17)7-4-8-15/h5-6,9H,4,7-8,17H2,1-3H3,(H,18,19). The summed E-state index contributed by atoms with van der Waals surface area (Å²) in [6.07, 6.45) is 2.01. The van der Waals surface area contributed by atoms with E-state index >= 15 is 0 Å². The molecule has 3 N–H and O–H groups in total. The van der Waals surface area contributed by atoms with Crippen molar-refractivity contribution in [1.82, 2.24) is 0 Å². The van der Waals surface area contributed by atoms with E-state index in [2.05, 4.69) is 5.32 Å². The minimum Gasteiger partial charge on any atom is -0.444 e. The van der Waals surface area contributed by atoms with Gasteiger partial charge in [0, 0.05) is 16.8 Å². The van der Waals surface area contributed by atoms with Crippen molar-refractivity contribution in [2.45, 2.75) is 51.2 Å². The Labute approximate surface area is 118 Å². The predicted molar refractivity (Wildman–Crippen MR) is 76.0 cm³/mol. The first-order valence-electron chi connectivity index (χ1n) is 6.79. The van der Waals surface area contributed by atoms with Crippen LogP contribution in [0.2, 0.25) is 0 Å². The number of amides is 1. The number of nitrogens with two attached hydrogens (primary N) is 1. The molecule has 0 heterocycles. The van der Waals surface area contributed by atoms with Crippen molar-refractivity contribution in [2.75, 3.05) is 5.32 Å². The fourth-order valence-electron chi connectivity index (χ4n) is 2.25. The first-order valence-corrected chi connectivity index (χ1v) is 6.79. The number of hydrogen-bond donors (Lipinski definition) is 2. The monoisotopic (exact) mass is 280 g/mol. The van der Waals surface area contributed by atoms with E-state index in [1.807, 2.05) is 0 Å². The van der Waals surface area contributed by atoms with Crippen molar-refractivity contribution in [1.29, 1.82) is 0 Å². The highest BCUT2D eigenvalue weighted by Crippen LogP contribution is 2.40. The third-order valence-electron chi connectivity index (χ3n) is 3.40. The van der Waals surface area contributed by atoms with Crippen molar-refractivity contribution < 1.29 is 13.9 Å². The quantitative estimate of drug-likeness (QED) is 0.871. The summed E-state index contributed by atoms with van der Waals surface area (Å²) in [5.74, 6) is -0.388. The number of anilines is 1. The van der Waals surface area contributed by atoms with Gasteiger partial charge in [0.2, 0.25) is 0 Å². The molecule has 1 aliphatic rings. The zero-order chi connectivity index (χ0) is 15.0. The lowest BCUT2D eigenvalue weighted by Crippen LogP contribution is -2.44. The molecule has 110 valence electrons. The topological polar surface area (TPSA) is 64.3 Å². The molecule has 5 heteroatoms. The SMILES string of the molecule is CC(C)(C)OC(=O)Nc1ccc(C2(N)CCC2)c(F)c1. The largest absolute Gasteiger partial charge is 0.444 e. The van der Waals surface area contributed by atoms with Crippen LogP contribution >= 0.6 is 0 Å². The molecule has 0 saturated heterocycles. The molecule has 1 amide bonds. The van der Waals surface area contributed by atoms with Crippen molar-refractivity contribution >= 4 is 11.8 Å². The van der Waals surface area contributed by atoms with E-state index in [9.17, 15) is 9.18 Å². The molecule has 0 unspecified atom stereocenters. The molecule has 0 spiro atoms. The highest BCUT2D eigenvalue weighted by molar-refractivity contribution is 5.84. The first kappa shape index (κ1) is 14.8. The Morgan fingerprint density at radius 1 is 1.40 bits per heavy atom. The average molecular weight is 280 g/mol. The van der Waals surface area contributed by atoms with Crippen LogP contribution in [0.3, 0.4) is 0 Å². The fourth-order valence-corrected chi connectivity index (χ4v) is 2.25. The minimum atomic E-state index is -0.601. The van der Waals surface area contributed by atoms with E-state index in [1.54, 1.807) is 32.9 Å². The van der Waals surface area contributed by atoms with Gasteiger partial charge in [-0.05, 0) is 52.2 Å². The maximum absolute atomic E-state index is 14.1.